The number of amides is 1. The minimum atomic E-state index is 0.287. The zero-order valence-electron chi connectivity index (χ0n) is 12.4. The van der Waals surface area contributed by atoms with Crippen LogP contribution in [0.2, 0.25) is 0 Å². The average molecular weight is 303 g/mol. The van der Waals surface area contributed by atoms with Gasteiger partial charge in [-0.1, -0.05) is 6.07 Å². The maximum absolute atomic E-state index is 12.4. The van der Waals surface area contributed by atoms with E-state index < -0.39 is 0 Å². The van der Waals surface area contributed by atoms with Crippen LogP contribution in [0.4, 0.5) is 0 Å². The summed E-state index contributed by atoms with van der Waals surface area (Å²) < 4.78 is 1.96. The topological polar surface area (TPSA) is 38.1 Å². The van der Waals surface area contributed by atoms with Crippen molar-refractivity contribution in [2.45, 2.75) is 45.2 Å². The summed E-state index contributed by atoms with van der Waals surface area (Å²) in [6.07, 6.45) is 7.60. The SMILES string of the molecule is Cc1cnn(C[C@H]2CCCN2C(=O)CCc2cccs2)c1. The van der Waals surface area contributed by atoms with Gasteiger partial charge in [0, 0.05) is 24.0 Å². The third-order valence-electron chi connectivity index (χ3n) is 4.02. The maximum Gasteiger partial charge on any atom is 0.223 e. The van der Waals surface area contributed by atoms with Gasteiger partial charge < -0.3 is 4.90 Å². The number of carbonyl (C=O) groups is 1. The molecular weight excluding hydrogens is 282 g/mol. The van der Waals surface area contributed by atoms with Crippen molar-refractivity contribution in [2.75, 3.05) is 6.54 Å². The van der Waals surface area contributed by atoms with Crippen molar-refractivity contribution >= 4 is 17.2 Å². The van der Waals surface area contributed by atoms with Gasteiger partial charge in [0.1, 0.15) is 0 Å². The van der Waals surface area contributed by atoms with Crippen LogP contribution in [0, 0.1) is 6.92 Å². The summed E-state index contributed by atoms with van der Waals surface area (Å²) in [4.78, 5) is 15.8. The molecule has 1 saturated heterocycles. The lowest BCUT2D eigenvalue weighted by Crippen LogP contribution is -2.38. The zero-order chi connectivity index (χ0) is 14.7. The summed E-state index contributed by atoms with van der Waals surface area (Å²) in [5.74, 6) is 0.287. The van der Waals surface area contributed by atoms with Crippen LogP contribution in [0.25, 0.3) is 0 Å². The summed E-state index contributed by atoms with van der Waals surface area (Å²) >= 11 is 1.73. The highest BCUT2D eigenvalue weighted by Crippen LogP contribution is 2.21. The van der Waals surface area contributed by atoms with E-state index in [0.717, 1.165) is 32.4 Å². The molecular formula is C16H21N3OS. The molecule has 4 nitrogen and oxygen atoms in total. The Bertz CT molecular complexity index is 590. The van der Waals surface area contributed by atoms with Gasteiger partial charge in [0.05, 0.1) is 18.8 Å². The number of carbonyl (C=O) groups excluding carboxylic acids is 1. The Hall–Kier alpha value is -1.62. The van der Waals surface area contributed by atoms with E-state index in [4.69, 9.17) is 0 Å². The first kappa shape index (κ1) is 14.3. The summed E-state index contributed by atoms with van der Waals surface area (Å²) in [5, 5.41) is 6.41. The van der Waals surface area contributed by atoms with Crippen molar-refractivity contribution in [3.63, 3.8) is 0 Å². The van der Waals surface area contributed by atoms with Crippen molar-refractivity contribution in [2.24, 2.45) is 0 Å². The Labute approximate surface area is 129 Å². The number of aryl methyl sites for hydroxylation is 2. The molecule has 3 heterocycles. The second-order valence-electron chi connectivity index (χ2n) is 5.70. The van der Waals surface area contributed by atoms with Crippen LogP contribution >= 0.6 is 11.3 Å². The van der Waals surface area contributed by atoms with E-state index in [9.17, 15) is 4.79 Å². The van der Waals surface area contributed by atoms with E-state index >= 15 is 0 Å². The van der Waals surface area contributed by atoms with Gasteiger partial charge in [-0.2, -0.15) is 5.10 Å². The van der Waals surface area contributed by atoms with E-state index in [1.807, 2.05) is 30.1 Å². The molecule has 1 atom stereocenters. The minimum Gasteiger partial charge on any atom is -0.338 e. The highest BCUT2D eigenvalue weighted by atomic mass is 32.1. The molecule has 0 bridgehead atoms. The molecule has 112 valence electrons. The third kappa shape index (κ3) is 3.53. The van der Waals surface area contributed by atoms with Gasteiger partial charge in [-0.3, -0.25) is 9.48 Å². The first-order valence-electron chi connectivity index (χ1n) is 7.53. The predicted octanol–water partition coefficient (Wildman–Crippen LogP) is 2.88. The van der Waals surface area contributed by atoms with Crippen LogP contribution in [0.1, 0.15) is 29.7 Å². The summed E-state index contributed by atoms with van der Waals surface area (Å²) in [6, 6.07) is 4.45. The lowest BCUT2D eigenvalue weighted by atomic mass is 10.2. The standard InChI is InChI=1S/C16H21N3OS/c1-13-10-17-18(11-13)12-14-4-2-8-19(14)16(20)7-6-15-5-3-9-21-15/h3,5,9-11,14H,2,4,6-8,12H2,1H3/t14-/m1/s1. The predicted molar refractivity (Wildman–Crippen MR) is 84.3 cm³/mol. The smallest absolute Gasteiger partial charge is 0.223 e. The second-order valence-corrected chi connectivity index (χ2v) is 6.73. The van der Waals surface area contributed by atoms with Crippen molar-refractivity contribution in [3.05, 3.63) is 40.3 Å². The van der Waals surface area contributed by atoms with Gasteiger partial charge in [-0.25, -0.2) is 0 Å². The minimum absolute atomic E-state index is 0.287. The lowest BCUT2D eigenvalue weighted by Gasteiger charge is -2.24. The Morgan fingerprint density at radius 1 is 1.52 bits per heavy atom. The Balaban J connectivity index is 1.56. The van der Waals surface area contributed by atoms with Crippen molar-refractivity contribution in [1.82, 2.24) is 14.7 Å². The molecule has 0 N–H and O–H groups in total. The number of aromatic nitrogens is 2. The van der Waals surface area contributed by atoms with Crippen LogP contribution in [-0.4, -0.2) is 33.2 Å². The van der Waals surface area contributed by atoms with E-state index in [1.165, 1.54) is 10.4 Å². The Morgan fingerprint density at radius 2 is 2.43 bits per heavy atom. The second kappa shape index (κ2) is 6.43. The van der Waals surface area contributed by atoms with Crippen LogP contribution in [0.3, 0.4) is 0 Å². The normalized spacial score (nSPS) is 18.3. The summed E-state index contributed by atoms with van der Waals surface area (Å²) in [7, 11) is 0. The fraction of sp³-hybridized carbons (Fsp3) is 0.500. The van der Waals surface area contributed by atoms with E-state index in [0.29, 0.717) is 12.5 Å². The molecule has 0 spiro atoms. The molecule has 1 aliphatic rings. The first-order chi connectivity index (χ1) is 10.2. The van der Waals surface area contributed by atoms with Crippen LogP contribution in [0.15, 0.2) is 29.9 Å². The molecule has 3 rings (SSSR count). The van der Waals surface area contributed by atoms with Crippen molar-refractivity contribution < 1.29 is 4.79 Å². The molecule has 1 amide bonds. The highest BCUT2D eigenvalue weighted by molar-refractivity contribution is 7.09. The number of thiophene rings is 1. The Kier molecular flexibility index (Phi) is 4.39. The fourth-order valence-corrected chi connectivity index (χ4v) is 3.67. The van der Waals surface area contributed by atoms with Gasteiger partial charge in [-0.15, -0.1) is 11.3 Å². The fourth-order valence-electron chi connectivity index (χ4n) is 2.97. The molecule has 2 aromatic rings. The van der Waals surface area contributed by atoms with Crippen LogP contribution < -0.4 is 0 Å². The maximum atomic E-state index is 12.4. The summed E-state index contributed by atoms with van der Waals surface area (Å²) in [5.41, 5.74) is 1.17. The number of nitrogens with zero attached hydrogens (tertiary/aromatic N) is 3. The van der Waals surface area contributed by atoms with Crippen LogP contribution in [-0.2, 0) is 17.8 Å². The monoisotopic (exact) mass is 303 g/mol. The summed E-state index contributed by atoms with van der Waals surface area (Å²) in [6.45, 7) is 3.76. The molecule has 1 fully saturated rings. The number of likely N-dealkylation sites (tertiary alicyclic amines) is 1. The van der Waals surface area contributed by atoms with Gasteiger partial charge in [0.25, 0.3) is 0 Å². The van der Waals surface area contributed by atoms with Gasteiger partial charge >= 0.3 is 0 Å². The molecule has 0 aromatic carbocycles. The lowest BCUT2D eigenvalue weighted by molar-refractivity contribution is -0.132. The zero-order valence-corrected chi connectivity index (χ0v) is 13.2. The van der Waals surface area contributed by atoms with Gasteiger partial charge in [-0.05, 0) is 43.2 Å². The van der Waals surface area contributed by atoms with E-state index in [-0.39, 0.29) is 5.91 Å². The molecule has 0 saturated carbocycles. The van der Waals surface area contributed by atoms with Crippen molar-refractivity contribution in [1.29, 1.82) is 0 Å². The number of hydrogen-bond donors (Lipinski definition) is 0. The molecule has 0 radical (unpaired) electrons. The molecule has 0 aliphatic carbocycles. The molecule has 21 heavy (non-hydrogen) atoms. The largest absolute Gasteiger partial charge is 0.338 e. The van der Waals surface area contributed by atoms with E-state index in [2.05, 4.69) is 21.4 Å². The third-order valence-corrected chi connectivity index (χ3v) is 4.96. The van der Waals surface area contributed by atoms with Crippen LogP contribution in [0.5, 0.6) is 0 Å². The van der Waals surface area contributed by atoms with E-state index in [1.54, 1.807) is 11.3 Å². The van der Waals surface area contributed by atoms with Gasteiger partial charge in [0.2, 0.25) is 5.91 Å². The molecule has 0 unspecified atom stereocenters. The average Bonchev–Trinajstić information content (AvgIpc) is 3.19. The molecule has 2 aromatic heterocycles. The number of rotatable bonds is 5. The quantitative estimate of drug-likeness (QED) is 0.852. The highest BCUT2D eigenvalue weighted by Gasteiger charge is 2.28. The molecule has 5 heteroatoms. The van der Waals surface area contributed by atoms with Crippen molar-refractivity contribution in [3.8, 4) is 0 Å². The first-order valence-corrected chi connectivity index (χ1v) is 8.41. The van der Waals surface area contributed by atoms with Gasteiger partial charge in [0.15, 0.2) is 0 Å². The molecule has 1 aliphatic heterocycles. The number of hydrogen-bond acceptors (Lipinski definition) is 3. The Morgan fingerprint density at radius 3 is 3.14 bits per heavy atom.